The van der Waals surface area contributed by atoms with Gasteiger partial charge in [0.2, 0.25) is 5.60 Å². The second kappa shape index (κ2) is 6.91. The molecule has 7 nitrogen and oxygen atoms in total. The van der Waals surface area contributed by atoms with Gasteiger partial charge in [-0.2, -0.15) is 0 Å². The van der Waals surface area contributed by atoms with Crippen LogP contribution >= 0.6 is 0 Å². The molecule has 3 heterocycles. The number of likely N-dealkylation sites (tertiary alicyclic amines) is 1. The molecule has 1 aliphatic rings. The molecule has 1 unspecified atom stereocenters. The van der Waals surface area contributed by atoms with Crippen molar-refractivity contribution in [3.8, 4) is 23.1 Å². The SMILES string of the molecule is CNc1ncnc2ccc(-c3cccc(C#CC4(O)CCN(C)C4=O)c3)nc12. The first-order chi connectivity index (χ1) is 13.5. The van der Waals surface area contributed by atoms with E-state index in [1.54, 1.807) is 14.1 Å². The van der Waals surface area contributed by atoms with Crippen molar-refractivity contribution in [2.75, 3.05) is 26.0 Å². The van der Waals surface area contributed by atoms with Gasteiger partial charge in [-0.3, -0.25) is 4.79 Å². The summed E-state index contributed by atoms with van der Waals surface area (Å²) in [5.41, 5.74) is 2.18. The van der Waals surface area contributed by atoms with Crippen molar-refractivity contribution < 1.29 is 9.90 Å². The second-order valence-corrected chi connectivity index (χ2v) is 6.70. The molecule has 1 aromatic carbocycles. The third-order valence-electron chi connectivity index (χ3n) is 4.80. The minimum Gasteiger partial charge on any atom is -0.371 e. The number of amides is 1. The van der Waals surface area contributed by atoms with E-state index in [9.17, 15) is 9.90 Å². The molecule has 1 fully saturated rings. The zero-order chi connectivity index (χ0) is 19.7. The summed E-state index contributed by atoms with van der Waals surface area (Å²) in [4.78, 5) is 26.7. The van der Waals surface area contributed by atoms with E-state index in [-0.39, 0.29) is 5.91 Å². The van der Waals surface area contributed by atoms with Crippen LogP contribution < -0.4 is 5.32 Å². The molecule has 2 N–H and O–H groups in total. The molecule has 28 heavy (non-hydrogen) atoms. The number of fused-ring (bicyclic) bond motifs is 1. The number of hydrogen-bond acceptors (Lipinski definition) is 6. The Bertz CT molecular complexity index is 1130. The smallest absolute Gasteiger partial charge is 0.267 e. The Morgan fingerprint density at radius 3 is 2.86 bits per heavy atom. The average Bonchev–Trinajstić information content (AvgIpc) is 2.99. The van der Waals surface area contributed by atoms with Crippen molar-refractivity contribution in [3.63, 3.8) is 0 Å². The van der Waals surface area contributed by atoms with E-state index in [4.69, 9.17) is 0 Å². The van der Waals surface area contributed by atoms with Crippen LogP contribution in [0.15, 0.2) is 42.7 Å². The zero-order valence-electron chi connectivity index (χ0n) is 15.6. The number of rotatable bonds is 2. The van der Waals surface area contributed by atoms with Gasteiger partial charge in [-0.15, -0.1) is 0 Å². The lowest BCUT2D eigenvalue weighted by Gasteiger charge is -2.13. The van der Waals surface area contributed by atoms with Crippen LogP contribution in [0.5, 0.6) is 0 Å². The van der Waals surface area contributed by atoms with Crippen LogP contribution in [0.4, 0.5) is 5.82 Å². The largest absolute Gasteiger partial charge is 0.371 e. The number of nitrogens with zero attached hydrogens (tertiary/aromatic N) is 4. The molecular weight excluding hydrogens is 354 g/mol. The van der Waals surface area contributed by atoms with Crippen molar-refractivity contribution in [1.29, 1.82) is 0 Å². The van der Waals surface area contributed by atoms with E-state index in [0.717, 1.165) is 16.8 Å². The first-order valence-electron chi connectivity index (χ1n) is 8.91. The summed E-state index contributed by atoms with van der Waals surface area (Å²) in [7, 11) is 3.45. The van der Waals surface area contributed by atoms with Gasteiger partial charge in [0.25, 0.3) is 5.91 Å². The van der Waals surface area contributed by atoms with E-state index in [2.05, 4.69) is 32.1 Å². The number of carbonyl (C=O) groups excluding carboxylic acids is 1. The van der Waals surface area contributed by atoms with Gasteiger partial charge in [-0.05, 0) is 24.3 Å². The maximum Gasteiger partial charge on any atom is 0.267 e. The Morgan fingerprint density at radius 2 is 2.11 bits per heavy atom. The van der Waals surface area contributed by atoms with Crippen LogP contribution in [0.2, 0.25) is 0 Å². The third kappa shape index (κ3) is 3.15. The molecule has 1 saturated heterocycles. The fourth-order valence-electron chi connectivity index (χ4n) is 3.19. The molecule has 7 heteroatoms. The molecule has 140 valence electrons. The fourth-order valence-corrected chi connectivity index (χ4v) is 3.19. The quantitative estimate of drug-likeness (QED) is 0.664. The van der Waals surface area contributed by atoms with Gasteiger partial charge in [-0.25, -0.2) is 15.0 Å². The number of carbonyl (C=O) groups is 1. The van der Waals surface area contributed by atoms with Gasteiger partial charge in [0.1, 0.15) is 11.8 Å². The number of pyridine rings is 1. The van der Waals surface area contributed by atoms with Crippen LogP contribution in [0, 0.1) is 11.8 Å². The van der Waals surface area contributed by atoms with Gasteiger partial charge < -0.3 is 15.3 Å². The Labute approximate surface area is 162 Å². The summed E-state index contributed by atoms with van der Waals surface area (Å²) >= 11 is 0. The fraction of sp³-hybridized carbons (Fsp3) is 0.238. The number of aromatic nitrogens is 3. The van der Waals surface area contributed by atoms with E-state index < -0.39 is 5.60 Å². The molecule has 0 aliphatic carbocycles. The molecule has 1 amide bonds. The number of hydrogen-bond donors (Lipinski definition) is 2. The van der Waals surface area contributed by atoms with Crippen LogP contribution in [-0.4, -0.2) is 57.1 Å². The summed E-state index contributed by atoms with van der Waals surface area (Å²) in [5.74, 6) is 5.99. The predicted octanol–water partition coefficient (Wildman–Crippen LogP) is 1.68. The lowest BCUT2D eigenvalue weighted by atomic mass is 10.0. The Balaban J connectivity index is 1.70. The van der Waals surface area contributed by atoms with E-state index in [0.29, 0.717) is 29.9 Å². The number of anilines is 1. The molecule has 0 spiro atoms. The van der Waals surface area contributed by atoms with Crippen molar-refractivity contribution in [1.82, 2.24) is 19.9 Å². The highest BCUT2D eigenvalue weighted by molar-refractivity contribution is 5.90. The maximum absolute atomic E-state index is 12.1. The Morgan fingerprint density at radius 1 is 1.25 bits per heavy atom. The van der Waals surface area contributed by atoms with Gasteiger partial charge in [-0.1, -0.05) is 24.0 Å². The molecule has 1 atom stereocenters. The van der Waals surface area contributed by atoms with E-state index in [1.165, 1.54) is 11.2 Å². The molecule has 3 aromatic rings. The number of likely N-dealkylation sites (N-methyl/N-ethyl adjacent to an activating group) is 1. The molecule has 0 saturated carbocycles. The van der Waals surface area contributed by atoms with Crippen molar-refractivity contribution in [3.05, 3.63) is 48.3 Å². The molecule has 1 aliphatic heterocycles. The van der Waals surface area contributed by atoms with Gasteiger partial charge >= 0.3 is 0 Å². The van der Waals surface area contributed by atoms with Crippen molar-refractivity contribution >= 4 is 22.8 Å². The molecule has 0 radical (unpaired) electrons. The topological polar surface area (TPSA) is 91.2 Å². The Kier molecular flexibility index (Phi) is 4.41. The van der Waals surface area contributed by atoms with Crippen LogP contribution in [0.1, 0.15) is 12.0 Å². The van der Waals surface area contributed by atoms with Crippen LogP contribution in [0.3, 0.4) is 0 Å². The monoisotopic (exact) mass is 373 g/mol. The van der Waals surface area contributed by atoms with E-state index in [1.807, 2.05) is 36.4 Å². The summed E-state index contributed by atoms with van der Waals surface area (Å²) in [5, 5.41) is 13.5. The maximum atomic E-state index is 12.1. The first-order valence-corrected chi connectivity index (χ1v) is 8.91. The summed E-state index contributed by atoms with van der Waals surface area (Å²) in [6, 6.07) is 11.3. The van der Waals surface area contributed by atoms with Gasteiger partial charge in [0, 0.05) is 38.2 Å². The molecule has 4 rings (SSSR count). The first kappa shape index (κ1) is 17.9. The van der Waals surface area contributed by atoms with Crippen LogP contribution in [-0.2, 0) is 4.79 Å². The Hall–Kier alpha value is -3.50. The molecule has 2 aromatic heterocycles. The highest BCUT2D eigenvalue weighted by Crippen LogP contribution is 2.24. The minimum atomic E-state index is -1.61. The van der Waals surface area contributed by atoms with Gasteiger partial charge in [0.15, 0.2) is 5.82 Å². The summed E-state index contributed by atoms with van der Waals surface area (Å²) in [6.07, 6.45) is 1.81. The lowest BCUT2D eigenvalue weighted by molar-refractivity contribution is -0.137. The highest BCUT2D eigenvalue weighted by atomic mass is 16.3. The van der Waals surface area contributed by atoms with E-state index >= 15 is 0 Å². The number of aliphatic hydroxyl groups is 1. The van der Waals surface area contributed by atoms with Crippen molar-refractivity contribution in [2.24, 2.45) is 0 Å². The zero-order valence-corrected chi connectivity index (χ0v) is 15.6. The summed E-state index contributed by atoms with van der Waals surface area (Å²) in [6.45, 7) is 0.501. The standard InChI is InChI=1S/C21H19N5O2/c1-22-19-18-17(23-13-24-19)7-6-16(25-18)15-5-3-4-14(12-15)8-9-21(28)10-11-26(2)20(21)27/h3-7,12-13,28H,10-11H2,1-2H3,(H,22,23,24). The molecular formula is C21H19N5O2. The number of benzene rings is 1. The molecule has 0 bridgehead atoms. The highest BCUT2D eigenvalue weighted by Gasteiger charge is 2.42. The second-order valence-electron chi connectivity index (χ2n) is 6.70. The van der Waals surface area contributed by atoms with Crippen molar-refractivity contribution in [2.45, 2.75) is 12.0 Å². The van der Waals surface area contributed by atoms with Crippen LogP contribution in [0.25, 0.3) is 22.3 Å². The lowest BCUT2D eigenvalue weighted by Crippen LogP contribution is -2.37. The minimum absolute atomic E-state index is 0.314. The third-order valence-corrected chi connectivity index (χ3v) is 4.80. The normalized spacial score (nSPS) is 18.8. The van der Waals surface area contributed by atoms with Gasteiger partial charge in [0.05, 0.1) is 11.2 Å². The summed E-state index contributed by atoms with van der Waals surface area (Å²) < 4.78 is 0. The predicted molar refractivity (Wildman–Crippen MR) is 106 cm³/mol. The average molecular weight is 373 g/mol. The number of nitrogens with one attached hydrogen (secondary N) is 1.